The van der Waals surface area contributed by atoms with Crippen LogP contribution in [-0.4, -0.2) is 29.7 Å². The number of hydrazone groups is 1. The molecule has 0 aromatic heterocycles. The van der Waals surface area contributed by atoms with Crippen molar-refractivity contribution in [1.29, 1.82) is 0 Å². The average Bonchev–Trinajstić information content (AvgIpc) is 2.71. The minimum atomic E-state index is -1.09. The van der Waals surface area contributed by atoms with Crippen molar-refractivity contribution in [2.75, 3.05) is 18.4 Å². The van der Waals surface area contributed by atoms with Crippen molar-refractivity contribution in [3.8, 4) is 0 Å². The van der Waals surface area contributed by atoms with Crippen LogP contribution in [0.2, 0.25) is 0 Å². The Balaban J connectivity index is 1.72. The third-order valence-corrected chi connectivity index (χ3v) is 5.30. The van der Waals surface area contributed by atoms with Gasteiger partial charge in [-0.3, -0.25) is 4.79 Å². The van der Waals surface area contributed by atoms with Gasteiger partial charge in [-0.15, -0.1) is 0 Å². The van der Waals surface area contributed by atoms with Gasteiger partial charge in [-0.2, -0.15) is 5.10 Å². The molecule has 0 bridgehead atoms. The highest BCUT2D eigenvalue weighted by Gasteiger charge is 2.23. The van der Waals surface area contributed by atoms with Gasteiger partial charge in [0.2, 0.25) is 0 Å². The lowest BCUT2D eigenvalue weighted by Gasteiger charge is -2.30. The number of hydrogen-bond donors (Lipinski definition) is 3. The summed E-state index contributed by atoms with van der Waals surface area (Å²) in [5, 5.41) is 7.36. The van der Waals surface area contributed by atoms with E-state index in [1.807, 2.05) is 19.1 Å². The maximum absolute atomic E-state index is 13.8. The topological polar surface area (TPSA) is 82.8 Å². The van der Waals surface area contributed by atoms with Gasteiger partial charge in [0, 0.05) is 36.7 Å². The maximum Gasteiger partial charge on any atom is 0.258 e. The SMILES string of the molecule is C/C(=N\NN)N1CCC(Cl)=C(c2ccc(NC(=O)C3=CCCC(F)=C3F)cc2)C1. The molecule has 1 aliphatic heterocycles. The highest BCUT2D eigenvalue weighted by molar-refractivity contribution is 6.33. The van der Waals surface area contributed by atoms with Crippen LogP contribution in [0.5, 0.6) is 0 Å². The number of amidine groups is 1. The molecule has 29 heavy (non-hydrogen) atoms. The van der Waals surface area contributed by atoms with Gasteiger partial charge in [0.25, 0.3) is 5.91 Å². The molecule has 0 spiro atoms. The van der Waals surface area contributed by atoms with E-state index in [1.165, 1.54) is 6.08 Å². The van der Waals surface area contributed by atoms with Crippen LogP contribution in [0.25, 0.3) is 5.57 Å². The lowest BCUT2D eigenvalue weighted by atomic mass is 10.00. The summed E-state index contributed by atoms with van der Waals surface area (Å²) in [6.07, 6.45) is 2.36. The third-order valence-electron chi connectivity index (χ3n) is 4.88. The van der Waals surface area contributed by atoms with Gasteiger partial charge in [0.05, 0.1) is 5.57 Å². The first-order valence-corrected chi connectivity index (χ1v) is 9.57. The summed E-state index contributed by atoms with van der Waals surface area (Å²) in [5.74, 6) is 3.35. The van der Waals surface area contributed by atoms with E-state index < -0.39 is 17.6 Å². The van der Waals surface area contributed by atoms with Gasteiger partial charge >= 0.3 is 0 Å². The molecule has 0 fully saturated rings. The number of halogens is 3. The quantitative estimate of drug-likeness (QED) is 0.297. The van der Waals surface area contributed by atoms with Crippen molar-refractivity contribution in [1.82, 2.24) is 10.4 Å². The smallest absolute Gasteiger partial charge is 0.258 e. The van der Waals surface area contributed by atoms with Crippen molar-refractivity contribution in [2.45, 2.75) is 26.2 Å². The zero-order chi connectivity index (χ0) is 21.0. The summed E-state index contributed by atoms with van der Waals surface area (Å²) >= 11 is 6.43. The molecule has 0 radical (unpaired) electrons. The second-order valence-electron chi connectivity index (χ2n) is 6.75. The van der Waals surface area contributed by atoms with E-state index in [2.05, 4.69) is 20.9 Å². The molecule has 6 nitrogen and oxygen atoms in total. The predicted molar refractivity (Wildman–Crippen MR) is 111 cm³/mol. The Morgan fingerprint density at radius 2 is 1.97 bits per heavy atom. The summed E-state index contributed by atoms with van der Waals surface area (Å²) in [7, 11) is 0. The van der Waals surface area contributed by atoms with Gasteiger partial charge in [-0.05, 0) is 36.6 Å². The predicted octanol–water partition coefficient (Wildman–Crippen LogP) is 3.95. The average molecular weight is 422 g/mol. The molecule has 1 aromatic carbocycles. The highest BCUT2D eigenvalue weighted by Crippen LogP contribution is 2.31. The van der Waals surface area contributed by atoms with E-state index in [4.69, 9.17) is 17.4 Å². The van der Waals surface area contributed by atoms with E-state index in [9.17, 15) is 13.6 Å². The summed E-state index contributed by atoms with van der Waals surface area (Å²) in [6.45, 7) is 3.16. The van der Waals surface area contributed by atoms with Crippen LogP contribution in [0, 0.1) is 0 Å². The molecule has 154 valence electrons. The van der Waals surface area contributed by atoms with Crippen molar-refractivity contribution < 1.29 is 13.6 Å². The van der Waals surface area contributed by atoms with Crippen LogP contribution < -0.4 is 16.7 Å². The number of benzene rings is 1. The fourth-order valence-corrected chi connectivity index (χ4v) is 3.52. The van der Waals surface area contributed by atoms with Gasteiger partial charge in [0.1, 0.15) is 11.7 Å². The molecule has 0 atom stereocenters. The Labute approximate surface area is 172 Å². The molecular weight excluding hydrogens is 400 g/mol. The van der Waals surface area contributed by atoms with Crippen LogP contribution >= 0.6 is 11.6 Å². The Morgan fingerprint density at radius 3 is 2.66 bits per heavy atom. The van der Waals surface area contributed by atoms with Crippen LogP contribution in [0.3, 0.4) is 0 Å². The van der Waals surface area contributed by atoms with E-state index in [1.54, 1.807) is 12.1 Å². The number of hydrogen-bond acceptors (Lipinski definition) is 4. The van der Waals surface area contributed by atoms with E-state index >= 15 is 0 Å². The number of carbonyl (C=O) groups excluding carboxylic acids is 1. The summed E-state index contributed by atoms with van der Waals surface area (Å²) < 4.78 is 27.2. The second kappa shape index (κ2) is 9.19. The molecule has 0 saturated carbocycles. The monoisotopic (exact) mass is 421 g/mol. The van der Waals surface area contributed by atoms with Crippen molar-refractivity contribution in [3.05, 3.63) is 58.2 Å². The van der Waals surface area contributed by atoms with Crippen LogP contribution in [-0.2, 0) is 4.79 Å². The minimum absolute atomic E-state index is 0.0181. The molecule has 0 saturated heterocycles. The molecule has 1 aliphatic carbocycles. The normalized spacial score (nSPS) is 18.0. The molecule has 1 aromatic rings. The van der Waals surface area contributed by atoms with E-state index in [0.29, 0.717) is 25.1 Å². The first kappa shape index (κ1) is 21.0. The number of rotatable bonds is 4. The third kappa shape index (κ3) is 4.83. The Kier molecular flexibility index (Phi) is 6.66. The molecule has 4 N–H and O–H groups in total. The Morgan fingerprint density at radius 1 is 1.24 bits per heavy atom. The number of nitrogens with two attached hydrogens (primary N) is 1. The Hall–Kier alpha value is -2.71. The fraction of sp³-hybridized carbons (Fsp3) is 0.300. The summed E-state index contributed by atoms with van der Waals surface area (Å²) in [6, 6.07) is 7.05. The first-order valence-electron chi connectivity index (χ1n) is 9.19. The minimum Gasteiger partial charge on any atom is -0.354 e. The molecule has 0 unspecified atom stereocenters. The molecular formula is C20H22ClF2N5O. The Bertz CT molecular complexity index is 921. The maximum atomic E-state index is 13.8. The number of anilines is 1. The van der Waals surface area contributed by atoms with E-state index in [-0.39, 0.29) is 12.0 Å². The van der Waals surface area contributed by atoms with E-state index in [0.717, 1.165) is 28.5 Å². The standard InChI is InChI=1S/C20H22ClF2N5O/c1-12(26-27-24)28-10-9-17(21)16(11-28)13-5-7-14(8-6-13)25-20(29)15-3-2-4-18(22)19(15)23/h3,5-8,27H,2,4,9-11,24H2,1H3,(H,25,29)/b26-12+. The van der Waals surface area contributed by atoms with Gasteiger partial charge in [-0.1, -0.05) is 29.8 Å². The van der Waals surface area contributed by atoms with Gasteiger partial charge < -0.3 is 10.2 Å². The number of nitrogens with one attached hydrogen (secondary N) is 2. The lowest BCUT2D eigenvalue weighted by Crippen LogP contribution is -2.36. The lowest BCUT2D eigenvalue weighted by molar-refractivity contribution is -0.112. The molecule has 2 aliphatic rings. The van der Waals surface area contributed by atoms with Crippen LogP contribution in [0.15, 0.2) is 57.7 Å². The summed E-state index contributed by atoms with van der Waals surface area (Å²) in [4.78, 5) is 14.3. The molecule has 1 amide bonds. The largest absolute Gasteiger partial charge is 0.354 e. The number of carbonyl (C=O) groups is 1. The first-order chi connectivity index (χ1) is 13.9. The van der Waals surface area contributed by atoms with Crippen molar-refractivity contribution >= 4 is 34.6 Å². The second-order valence-corrected chi connectivity index (χ2v) is 7.21. The van der Waals surface area contributed by atoms with Crippen molar-refractivity contribution in [3.63, 3.8) is 0 Å². The van der Waals surface area contributed by atoms with Crippen LogP contribution in [0.1, 0.15) is 31.7 Å². The zero-order valence-electron chi connectivity index (χ0n) is 15.9. The molecule has 1 heterocycles. The highest BCUT2D eigenvalue weighted by atomic mass is 35.5. The zero-order valence-corrected chi connectivity index (χ0v) is 16.7. The number of nitrogens with zero attached hydrogens (tertiary/aromatic N) is 2. The van der Waals surface area contributed by atoms with Crippen molar-refractivity contribution in [2.24, 2.45) is 10.9 Å². The number of allylic oxidation sites excluding steroid dienone is 2. The summed E-state index contributed by atoms with van der Waals surface area (Å²) in [5.41, 5.74) is 4.35. The number of amides is 1. The number of hydrazine groups is 1. The molecule has 9 heteroatoms. The van der Waals surface area contributed by atoms with Gasteiger partial charge in [0.15, 0.2) is 5.83 Å². The molecule has 3 rings (SSSR count). The van der Waals surface area contributed by atoms with Crippen LogP contribution in [0.4, 0.5) is 14.5 Å². The van der Waals surface area contributed by atoms with Gasteiger partial charge in [-0.25, -0.2) is 20.2 Å². The fourth-order valence-electron chi connectivity index (χ4n) is 3.26.